The Labute approximate surface area is 142 Å². The lowest BCUT2D eigenvalue weighted by atomic mass is 10.0. The molecule has 3 rings (SSSR count). The lowest BCUT2D eigenvalue weighted by Crippen LogP contribution is -2.31. The second-order valence-corrected chi connectivity index (χ2v) is 8.12. The molecule has 4 nitrogen and oxygen atoms in total. The minimum atomic E-state index is -3.42. The van der Waals surface area contributed by atoms with Gasteiger partial charge in [-0.15, -0.1) is 0 Å². The van der Waals surface area contributed by atoms with E-state index in [1.807, 2.05) is 25.1 Å². The average Bonchev–Trinajstić information content (AvgIpc) is 3.36. The van der Waals surface area contributed by atoms with E-state index in [2.05, 4.69) is 10.0 Å². The van der Waals surface area contributed by atoms with Gasteiger partial charge >= 0.3 is 0 Å². The van der Waals surface area contributed by atoms with E-state index in [4.69, 9.17) is 0 Å². The summed E-state index contributed by atoms with van der Waals surface area (Å²) in [4.78, 5) is 0.243. The Morgan fingerprint density at radius 2 is 1.79 bits per heavy atom. The van der Waals surface area contributed by atoms with Crippen LogP contribution in [0.4, 0.5) is 4.39 Å². The Balaban J connectivity index is 1.77. The summed E-state index contributed by atoms with van der Waals surface area (Å²) in [5.74, 6) is -0.227. The van der Waals surface area contributed by atoms with Crippen LogP contribution < -0.4 is 10.0 Å². The summed E-state index contributed by atoms with van der Waals surface area (Å²) in [7, 11) is -2.03. The van der Waals surface area contributed by atoms with Crippen LogP contribution in [-0.2, 0) is 15.6 Å². The van der Waals surface area contributed by atoms with Gasteiger partial charge in [0.25, 0.3) is 0 Å². The molecule has 1 fully saturated rings. The monoisotopic (exact) mass is 348 g/mol. The van der Waals surface area contributed by atoms with Gasteiger partial charge in [-0.1, -0.05) is 24.3 Å². The molecule has 2 aromatic rings. The van der Waals surface area contributed by atoms with Crippen LogP contribution in [0.2, 0.25) is 0 Å². The molecule has 0 aliphatic heterocycles. The molecule has 0 spiro atoms. The molecule has 0 bridgehead atoms. The van der Waals surface area contributed by atoms with Gasteiger partial charge in [-0.3, -0.25) is 0 Å². The Kier molecular flexibility index (Phi) is 4.46. The first kappa shape index (κ1) is 17.1. The molecule has 1 saturated carbocycles. The minimum Gasteiger partial charge on any atom is -0.301 e. The van der Waals surface area contributed by atoms with Gasteiger partial charge in [0.1, 0.15) is 5.82 Å². The molecule has 0 radical (unpaired) electrons. The Hall–Kier alpha value is -1.76. The number of halogens is 1. The highest BCUT2D eigenvalue weighted by molar-refractivity contribution is 7.89. The van der Waals surface area contributed by atoms with E-state index in [-0.39, 0.29) is 22.3 Å². The van der Waals surface area contributed by atoms with E-state index in [1.54, 1.807) is 24.3 Å². The molecule has 2 N–H and O–H groups in total. The largest absolute Gasteiger partial charge is 0.301 e. The molecule has 128 valence electrons. The number of nitrogens with one attached hydrogen (secondary N) is 2. The van der Waals surface area contributed by atoms with Gasteiger partial charge < -0.3 is 5.32 Å². The summed E-state index contributed by atoms with van der Waals surface area (Å²) < 4.78 is 39.3. The van der Waals surface area contributed by atoms with Crippen molar-refractivity contribution in [1.29, 1.82) is 0 Å². The van der Waals surface area contributed by atoms with Gasteiger partial charge in [0.15, 0.2) is 0 Å². The molecule has 1 unspecified atom stereocenters. The topological polar surface area (TPSA) is 58.2 Å². The lowest BCUT2D eigenvalue weighted by molar-refractivity contribution is 0.448. The molecular weight excluding hydrogens is 327 g/mol. The van der Waals surface area contributed by atoms with Gasteiger partial charge in [0.05, 0.1) is 4.90 Å². The quantitative estimate of drug-likeness (QED) is 0.843. The van der Waals surface area contributed by atoms with Gasteiger partial charge in [0, 0.05) is 11.6 Å². The molecular formula is C18H21FN2O2S. The maximum absolute atomic E-state index is 13.5. The smallest absolute Gasteiger partial charge is 0.240 e. The molecule has 0 aromatic heterocycles. The summed E-state index contributed by atoms with van der Waals surface area (Å²) >= 11 is 0. The standard InChI is InChI=1S/C18H21FN2O2S/c1-13(14-6-8-17(9-7-14)24(22,23)20-2)21-18(10-11-18)15-4-3-5-16(19)12-15/h3-9,12-13,20-21H,10-11H2,1-2H3. The third-order valence-corrected chi connectivity index (χ3v) is 6.01. The summed E-state index contributed by atoms with van der Waals surface area (Å²) in [5.41, 5.74) is 1.77. The molecule has 1 aliphatic rings. The predicted octanol–water partition coefficient (Wildman–Crippen LogP) is 3.07. The van der Waals surface area contributed by atoms with Crippen molar-refractivity contribution in [3.8, 4) is 0 Å². The van der Waals surface area contributed by atoms with Gasteiger partial charge in [0.2, 0.25) is 10.0 Å². The van der Waals surface area contributed by atoms with E-state index < -0.39 is 10.0 Å². The number of sulfonamides is 1. The maximum atomic E-state index is 13.5. The van der Waals surface area contributed by atoms with Crippen LogP contribution in [0.3, 0.4) is 0 Å². The zero-order valence-corrected chi connectivity index (χ0v) is 14.5. The van der Waals surface area contributed by atoms with Crippen LogP contribution in [0.25, 0.3) is 0 Å². The Bertz CT molecular complexity index is 830. The molecule has 2 aromatic carbocycles. The van der Waals surface area contributed by atoms with Crippen molar-refractivity contribution in [3.05, 3.63) is 65.5 Å². The van der Waals surface area contributed by atoms with Crippen LogP contribution in [-0.4, -0.2) is 15.5 Å². The van der Waals surface area contributed by atoms with Crippen molar-refractivity contribution in [3.63, 3.8) is 0 Å². The summed E-state index contributed by atoms with van der Waals surface area (Å²) in [6, 6.07) is 13.5. The van der Waals surface area contributed by atoms with Crippen LogP contribution in [0.15, 0.2) is 53.4 Å². The lowest BCUT2D eigenvalue weighted by Gasteiger charge is -2.24. The van der Waals surface area contributed by atoms with Crippen LogP contribution in [0, 0.1) is 5.82 Å². The van der Waals surface area contributed by atoms with Crippen molar-refractivity contribution in [2.45, 2.75) is 36.2 Å². The third-order valence-electron chi connectivity index (χ3n) is 4.58. The average molecular weight is 348 g/mol. The molecule has 0 saturated heterocycles. The zero-order chi connectivity index (χ0) is 17.4. The molecule has 1 atom stereocenters. The van der Waals surface area contributed by atoms with Crippen molar-refractivity contribution in [1.82, 2.24) is 10.0 Å². The van der Waals surface area contributed by atoms with E-state index in [1.165, 1.54) is 13.1 Å². The SMILES string of the molecule is CNS(=O)(=O)c1ccc(C(C)NC2(c3cccc(F)c3)CC2)cc1. The van der Waals surface area contributed by atoms with Crippen molar-refractivity contribution in [2.24, 2.45) is 0 Å². The van der Waals surface area contributed by atoms with E-state index >= 15 is 0 Å². The van der Waals surface area contributed by atoms with Crippen molar-refractivity contribution in [2.75, 3.05) is 7.05 Å². The first-order chi connectivity index (χ1) is 11.4. The summed E-state index contributed by atoms with van der Waals surface area (Å²) in [5, 5.41) is 3.57. The van der Waals surface area contributed by atoms with E-state index in [0.29, 0.717) is 0 Å². The van der Waals surface area contributed by atoms with Crippen LogP contribution in [0.1, 0.15) is 36.9 Å². The van der Waals surface area contributed by atoms with Gasteiger partial charge in [-0.2, -0.15) is 0 Å². The molecule has 1 aliphatic carbocycles. The summed E-state index contributed by atoms with van der Waals surface area (Å²) in [6.07, 6.45) is 1.93. The number of hydrogen-bond donors (Lipinski definition) is 2. The highest BCUT2D eigenvalue weighted by Gasteiger charge is 2.45. The number of rotatable bonds is 6. The third kappa shape index (κ3) is 3.36. The zero-order valence-electron chi connectivity index (χ0n) is 13.7. The Morgan fingerprint density at radius 1 is 1.12 bits per heavy atom. The van der Waals surface area contributed by atoms with Gasteiger partial charge in [-0.05, 0) is 62.2 Å². The maximum Gasteiger partial charge on any atom is 0.240 e. The fourth-order valence-corrected chi connectivity index (χ4v) is 3.71. The minimum absolute atomic E-state index is 0.0297. The van der Waals surface area contributed by atoms with Crippen LogP contribution in [0.5, 0.6) is 0 Å². The van der Waals surface area contributed by atoms with E-state index in [9.17, 15) is 12.8 Å². The molecule has 0 heterocycles. The first-order valence-corrected chi connectivity index (χ1v) is 9.42. The van der Waals surface area contributed by atoms with E-state index in [0.717, 1.165) is 24.0 Å². The fraction of sp³-hybridized carbons (Fsp3) is 0.333. The molecule has 0 amide bonds. The Morgan fingerprint density at radius 3 is 2.33 bits per heavy atom. The second-order valence-electron chi connectivity index (χ2n) is 6.24. The molecule has 24 heavy (non-hydrogen) atoms. The number of benzene rings is 2. The fourth-order valence-electron chi connectivity index (χ4n) is 2.98. The van der Waals surface area contributed by atoms with Crippen molar-refractivity contribution < 1.29 is 12.8 Å². The van der Waals surface area contributed by atoms with Gasteiger partial charge in [-0.25, -0.2) is 17.5 Å². The van der Waals surface area contributed by atoms with Crippen LogP contribution >= 0.6 is 0 Å². The highest BCUT2D eigenvalue weighted by atomic mass is 32.2. The second kappa shape index (κ2) is 6.27. The first-order valence-electron chi connectivity index (χ1n) is 7.94. The summed E-state index contributed by atoms with van der Waals surface area (Å²) in [6.45, 7) is 2.03. The molecule has 6 heteroatoms. The normalized spacial score (nSPS) is 17.5. The predicted molar refractivity (Wildman–Crippen MR) is 91.6 cm³/mol. The number of hydrogen-bond acceptors (Lipinski definition) is 3. The highest BCUT2D eigenvalue weighted by Crippen LogP contribution is 2.47. The van der Waals surface area contributed by atoms with Crippen molar-refractivity contribution >= 4 is 10.0 Å².